The second kappa shape index (κ2) is 9.62. The highest BCUT2D eigenvalue weighted by atomic mass is 32.1. The Balaban J connectivity index is 1.21. The summed E-state index contributed by atoms with van der Waals surface area (Å²) < 4.78 is 0. The molecule has 9 heteroatoms. The lowest BCUT2D eigenvalue weighted by molar-refractivity contribution is -0.115. The first-order valence-electron chi connectivity index (χ1n) is 12.4. The van der Waals surface area contributed by atoms with Crippen molar-refractivity contribution in [2.24, 2.45) is 0 Å². The van der Waals surface area contributed by atoms with Crippen LogP contribution in [0.25, 0.3) is 55.8 Å². The number of aromatic amines is 2. The van der Waals surface area contributed by atoms with Gasteiger partial charge in [0.25, 0.3) is 0 Å². The fourth-order valence-electron chi connectivity index (χ4n) is 4.68. The molecule has 7 aromatic rings. The minimum atomic E-state index is -0.0890. The number of carbonyl (C=O) groups is 1. The van der Waals surface area contributed by atoms with Crippen LogP contribution in [0.1, 0.15) is 5.56 Å². The van der Waals surface area contributed by atoms with Gasteiger partial charge < -0.3 is 10.3 Å². The maximum atomic E-state index is 12.6. The first kappa shape index (κ1) is 23.0. The van der Waals surface area contributed by atoms with Gasteiger partial charge >= 0.3 is 0 Å². The van der Waals surface area contributed by atoms with E-state index in [1.807, 2.05) is 66.0 Å². The van der Waals surface area contributed by atoms with Crippen LogP contribution in [0.15, 0.2) is 96.1 Å². The molecule has 39 heavy (non-hydrogen) atoms. The summed E-state index contributed by atoms with van der Waals surface area (Å²) in [4.78, 5) is 29.8. The van der Waals surface area contributed by atoms with Crippen LogP contribution >= 0.6 is 11.3 Å². The van der Waals surface area contributed by atoms with Gasteiger partial charge in [-0.3, -0.25) is 19.9 Å². The summed E-state index contributed by atoms with van der Waals surface area (Å²) in [7, 11) is 0. The zero-order valence-electron chi connectivity index (χ0n) is 20.6. The van der Waals surface area contributed by atoms with Gasteiger partial charge in [-0.25, -0.2) is 4.98 Å². The van der Waals surface area contributed by atoms with E-state index in [0.29, 0.717) is 17.9 Å². The molecule has 0 saturated carbocycles. The van der Waals surface area contributed by atoms with Crippen LogP contribution in [0.3, 0.4) is 0 Å². The molecule has 0 atom stereocenters. The van der Waals surface area contributed by atoms with Crippen LogP contribution < -0.4 is 5.32 Å². The number of hydrogen-bond acceptors (Lipinski definition) is 6. The number of pyridine rings is 2. The van der Waals surface area contributed by atoms with Crippen molar-refractivity contribution < 1.29 is 4.79 Å². The third kappa shape index (κ3) is 4.45. The molecule has 0 aliphatic carbocycles. The molecule has 0 bridgehead atoms. The second-order valence-electron chi connectivity index (χ2n) is 9.16. The highest BCUT2D eigenvalue weighted by Gasteiger charge is 2.17. The van der Waals surface area contributed by atoms with Crippen molar-refractivity contribution in [2.45, 2.75) is 6.42 Å². The Bertz CT molecular complexity index is 1940. The Kier molecular flexibility index (Phi) is 5.68. The summed E-state index contributed by atoms with van der Waals surface area (Å²) in [6.07, 6.45) is 5.53. The predicted molar refractivity (Wildman–Crippen MR) is 154 cm³/mol. The van der Waals surface area contributed by atoms with Crippen molar-refractivity contribution in [1.82, 2.24) is 30.1 Å². The lowest BCUT2D eigenvalue weighted by Gasteiger charge is -2.08. The number of nitrogens with zero attached hydrogens (tertiary/aromatic N) is 4. The Hall–Kier alpha value is -5.15. The van der Waals surface area contributed by atoms with Crippen molar-refractivity contribution in [3.63, 3.8) is 0 Å². The highest BCUT2D eigenvalue weighted by Crippen LogP contribution is 2.33. The molecule has 2 aromatic carbocycles. The number of imidazole rings is 1. The fraction of sp³-hybridized carbons (Fsp3) is 0.0333. The predicted octanol–water partition coefficient (Wildman–Crippen LogP) is 6.47. The fourth-order valence-corrected chi connectivity index (χ4v) is 5.33. The molecule has 0 saturated heterocycles. The smallest absolute Gasteiger partial charge is 0.228 e. The van der Waals surface area contributed by atoms with E-state index in [-0.39, 0.29) is 5.91 Å². The number of nitrogens with one attached hydrogen (secondary N) is 3. The second-order valence-corrected chi connectivity index (χ2v) is 9.94. The minimum absolute atomic E-state index is 0.0890. The Labute approximate surface area is 226 Å². The molecule has 0 spiro atoms. The molecule has 5 heterocycles. The zero-order chi connectivity index (χ0) is 26.2. The molecule has 0 radical (unpaired) electrons. The van der Waals surface area contributed by atoms with E-state index in [9.17, 15) is 4.79 Å². The first-order chi connectivity index (χ1) is 19.2. The molecule has 7 rings (SSSR count). The van der Waals surface area contributed by atoms with E-state index in [0.717, 1.165) is 55.6 Å². The van der Waals surface area contributed by atoms with Gasteiger partial charge in [0.05, 0.1) is 35.0 Å². The van der Waals surface area contributed by atoms with Crippen LogP contribution in [0.5, 0.6) is 0 Å². The number of carbonyl (C=O) groups excluding carboxylic acids is 1. The van der Waals surface area contributed by atoms with Gasteiger partial charge in [0.2, 0.25) is 5.91 Å². The Morgan fingerprint density at radius 2 is 1.82 bits per heavy atom. The van der Waals surface area contributed by atoms with Crippen molar-refractivity contribution >= 4 is 44.9 Å². The number of rotatable bonds is 6. The molecule has 1 amide bonds. The maximum Gasteiger partial charge on any atom is 0.228 e. The third-order valence-corrected chi connectivity index (χ3v) is 7.23. The summed E-state index contributed by atoms with van der Waals surface area (Å²) in [5.74, 6) is 0.576. The van der Waals surface area contributed by atoms with E-state index < -0.39 is 0 Å². The largest absolute Gasteiger partial charge is 0.336 e. The van der Waals surface area contributed by atoms with Gasteiger partial charge in [-0.1, -0.05) is 36.4 Å². The van der Waals surface area contributed by atoms with Gasteiger partial charge in [0, 0.05) is 34.3 Å². The molecule has 188 valence electrons. The maximum absolute atomic E-state index is 12.6. The number of hydrogen-bond donors (Lipinski definition) is 3. The quantitative estimate of drug-likeness (QED) is 0.229. The van der Waals surface area contributed by atoms with Gasteiger partial charge in [-0.2, -0.15) is 16.4 Å². The number of H-pyrrole nitrogens is 2. The first-order valence-corrected chi connectivity index (χ1v) is 13.3. The number of amides is 1. The Morgan fingerprint density at radius 1 is 0.897 bits per heavy atom. The van der Waals surface area contributed by atoms with Crippen molar-refractivity contribution in [2.75, 3.05) is 5.32 Å². The van der Waals surface area contributed by atoms with Crippen LogP contribution in [0.4, 0.5) is 5.69 Å². The van der Waals surface area contributed by atoms with Crippen LogP contribution in [-0.4, -0.2) is 36.0 Å². The van der Waals surface area contributed by atoms with Crippen molar-refractivity contribution in [3.05, 3.63) is 102 Å². The molecule has 0 fully saturated rings. The average Bonchev–Trinajstić information content (AvgIpc) is 3.73. The van der Waals surface area contributed by atoms with E-state index in [4.69, 9.17) is 4.98 Å². The van der Waals surface area contributed by atoms with Gasteiger partial charge in [0.15, 0.2) is 5.82 Å². The topological polar surface area (TPSA) is 112 Å². The molecule has 0 aliphatic rings. The Morgan fingerprint density at radius 3 is 2.69 bits per heavy atom. The lowest BCUT2D eigenvalue weighted by atomic mass is 10.0. The molecule has 0 aliphatic heterocycles. The van der Waals surface area contributed by atoms with E-state index >= 15 is 0 Å². The summed E-state index contributed by atoms with van der Waals surface area (Å²) in [6, 6.07) is 21.6. The highest BCUT2D eigenvalue weighted by molar-refractivity contribution is 7.08. The normalized spacial score (nSPS) is 11.3. The van der Waals surface area contributed by atoms with Gasteiger partial charge in [-0.05, 0) is 46.8 Å². The standard InChI is InChI=1S/C30H21N7OS/c38-26(12-18-4-2-1-3-5-18)33-22-13-21(15-31-16-22)19-6-7-24-23(14-19)28(37-36-24)30-34-25-8-10-32-27(29(25)35-30)20-9-11-39-17-20/h1-11,13-17H,12H2,(H,33,38)(H,34,35)(H,36,37). The van der Waals surface area contributed by atoms with Crippen molar-refractivity contribution in [3.8, 4) is 33.9 Å². The summed E-state index contributed by atoms with van der Waals surface area (Å²) in [5, 5.41) is 15.7. The van der Waals surface area contributed by atoms with Crippen molar-refractivity contribution in [1.29, 1.82) is 0 Å². The molecule has 0 unspecified atom stereocenters. The summed E-state index contributed by atoms with van der Waals surface area (Å²) in [5.41, 5.74) is 8.65. The molecular formula is C30H21N7OS. The van der Waals surface area contributed by atoms with Gasteiger partial charge in [0.1, 0.15) is 11.2 Å². The third-order valence-electron chi connectivity index (χ3n) is 6.55. The van der Waals surface area contributed by atoms with E-state index in [1.165, 1.54) is 0 Å². The summed E-state index contributed by atoms with van der Waals surface area (Å²) in [6.45, 7) is 0. The number of aromatic nitrogens is 6. The number of fused-ring (bicyclic) bond motifs is 2. The van der Waals surface area contributed by atoms with Crippen LogP contribution in [0.2, 0.25) is 0 Å². The SMILES string of the molecule is O=C(Cc1ccccc1)Nc1cncc(-c2ccc3[nH]nc(-c4nc5c(-c6ccsc6)nccc5[nH]4)c3c2)c1. The van der Waals surface area contributed by atoms with E-state index in [1.54, 1.807) is 29.9 Å². The van der Waals surface area contributed by atoms with Crippen LogP contribution in [-0.2, 0) is 11.2 Å². The molecule has 5 aromatic heterocycles. The van der Waals surface area contributed by atoms with E-state index in [2.05, 4.69) is 41.9 Å². The summed E-state index contributed by atoms with van der Waals surface area (Å²) >= 11 is 1.63. The average molecular weight is 528 g/mol. The van der Waals surface area contributed by atoms with Crippen LogP contribution in [0, 0.1) is 0 Å². The lowest BCUT2D eigenvalue weighted by Crippen LogP contribution is -2.14. The molecule has 3 N–H and O–H groups in total. The molecular weight excluding hydrogens is 506 g/mol. The molecule has 8 nitrogen and oxygen atoms in total. The number of thiophene rings is 1. The number of anilines is 1. The zero-order valence-corrected chi connectivity index (χ0v) is 21.4. The van der Waals surface area contributed by atoms with Gasteiger partial charge in [-0.15, -0.1) is 0 Å². The monoisotopic (exact) mass is 527 g/mol. The number of benzene rings is 2. The minimum Gasteiger partial charge on any atom is -0.336 e.